The molecule has 3 N–H and O–H groups in total. The standard InChI is InChI=1S/C23H24Cl2N4OS/c1-14-12-21(29-31-14)22(15-2-4-16(24)5-3-15)19-13-26-11-10-20(19)28-23(30)27-18-8-6-17(25)7-9-18/h2-9,12,19-20,22,26H,10-11,13H2,1H3,(H2,27,28,30). The fourth-order valence-electron chi connectivity index (χ4n) is 4.12. The van der Waals surface area contributed by atoms with E-state index in [0.29, 0.717) is 15.7 Å². The smallest absolute Gasteiger partial charge is 0.319 e. The van der Waals surface area contributed by atoms with Gasteiger partial charge in [0.05, 0.1) is 5.69 Å². The summed E-state index contributed by atoms with van der Waals surface area (Å²) < 4.78 is 4.72. The molecule has 0 saturated carbocycles. The van der Waals surface area contributed by atoms with Crippen LogP contribution in [0.15, 0.2) is 54.6 Å². The predicted octanol–water partition coefficient (Wildman–Crippen LogP) is 5.69. The lowest BCUT2D eigenvalue weighted by Crippen LogP contribution is -2.52. The topological polar surface area (TPSA) is 66.0 Å². The summed E-state index contributed by atoms with van der Waals surface area (Å²) in [6.45, 7) is 3.70. The van der Waals surface area contributed by atoms with Crippen LogP contribution in [0.5, 0.6) is 0 Å². The first kappa shape index (κ1) is 22.1. The molecule has 0 spiro atoms. The maximum atomic E-state index is 12.7. The molecule has 1 aliphatic rings. The van der Waals surface area contributed by atoms with Crippen LogP contribution in [-0.2, 0) is 0 Å². The number of rotatable bonds is 5. The largest absolute Gasteiger partial charge is 0.335 e. The summed E-state index contributed by atoms with van der Waals surface area (Å²) in [7, 11) is 0. The van der Waals surface area contributed by atoms with Gasteiger partial charge in [-0.15, -0.1) is 0 Å². The quantitative estimate of drug-likeness (QED) is 0.444. The summed E-state index contributed by atoms with van der Waals surface area (Å²) in [5.41, 5.74) is 2.88. The molecule has 1 fully saturated rings. The number of halogens is 2. The Bertz CT molecular complexity index is 1020. The van der Waals surface area contributed by atoms with Crippen molar-refractivity contribution in [1.82, 2.24) is 15.0 Å². The van der Waals surface area contributed by atoms with Crippen LogP contribution in [0.3, 0.4) is 0 Å². The van der Waals surface area contributed by atoms with Crippen LogP contribution in [0.25, 0.3) is 0 Å². The van der Waals surface area contributed by atoms with Crippen LogP contribution < -0.4 is 16.0 Å². The molecule has 1 aromatic heterocycles. The van der Waals surface area contributed by atoms with Crippen molar-refractivity contribution in [2.45, 2.75) is 25.3 Å². The second-order valence-corrected chi connectivity index (χ2v) is 9.64. The van der Waals surface area contributed by atoms with E-state index in [-0.39, 0.29) is 23.9 Å². The van der Waals surface area contributed by atoms with E-state index in [1.54, 1.807) is 24.3 Å². The minimum atomic E-state index is -0.219. The lowest BCUT2D eigenvalue weighted by atomic mass is 9.76. The number of carbonyl (C=O) groups is 1. The minimum absolute atomic E-state index is 0.00349. The lowest BCUT2D eigenvalue weighted by Gasteiger charge is -2.37. The number of aromatic nitrogens is 1. The summed E-state index contributed by atoms with van der Waals surface area (Å²) in [5.74, 6) is 0.197. The number of nitrogens with zero attached hydrogens (tertiary/aromatic N) is 1. The Morgan fingerprint density at radius 3 is 2.45 bits per heavy atom. The van der Waals surface area contributed by atoms with E-state index < -0.39 is 0 Å². The molecule has 3 unspecified atom stereocenters. The van der Waals surface area contributed by atoms with Gasteiger partial charge < -0.3 is 16.0 Å². The van der Waals surface area contributed by atoms with Crippen molar-refractivity contribution in [3.63, 3.8) is 0 Å². The van der Waals surface area contributed by atoms with E-state index in [4.69, 9.17) is 27.6 Å². The summed E-state index contributed by atoms with van der Waals surface area (Å²) in [6, 6.07) is 16.9. The lowest BCUT2D eigenvalue weighted by molar-refractivity contribution is 0.226. The first-order valence-corrected chi connectivity index (χ1v) is 11.7. The van der Waals surface area contributed by atoms with E-state index in [2.05, 4.69) is 41.1 Å². The highest BCUT2D eigenvalue weighted by atomic mass is 35.5. The zero-order valence-corrected chi connectivity index (χ0v) is 19.4. The number of benzene rings is 2. The Kier molecular flexibility index (Phi) is 7.13. The number of hydrogen-bond acceptors (Lipinski definition) is 4. The Hall–Kier alpha value is -2.12. The van der Waals surface area contributed by atoms with Crippen LogP contribution in [-0.4, -0.2) is 29.5 Å². The van der Waals surface area contributed by atoms with Gasteiger partial charge in [0.15, 0.2) is 0 Å². The zero-order valence-electron chi connectivity index (χ0n) is 17.1. The average molecular weight is 475 g/mol. The molecule has 8 heteroatoms. The van der Waals surface area contributed by atoms with Crippen LogP contribution >= 0.6 is 34.7 Å². The molecule has 4 rings (SSSR count). The van der Waals surface area contributed by atoms with Gasteiger partial charge in [-0.3, -0.25) is 0 Å². The highest BCUT2D eigenvalue weighted by molar-refractivity contribution is 7.05. The second kappa shape index (κ2) is 10.0. The number of hydrogen-bond donors (Lipinski definition) is 3. The van der Waals surface area contributed by atoms with Crippen molar-refractivity contribution < 1.29 is 4.79 Å². The molecule has 1 saturated heterocycles. The third kappa shape index (κ3) is 5.57. The number of anilines is 1. The van der Waals surface area contributed by atoms with Gasteiger partial charge >= 0.3 is 6.03 Å². The van der Waals surface area contributed by atoms with E-state index in [9.17, 15) is 4.79 Å². The molecule has 0 bridgehead atoms. The van der Waals surface area contributed by atoms with Gasteiger partial charge in [0.25, 0.3) is 0 Å². The first-order valence-electron chi connectivity index (χ1n) is 10.2. The van der Waals surface area contributed by atoms with Gasteiger partial charge in [0.2, 0.25) is 0 Å². The summed E-state index contributed by atoms with van der Waals surface area (Å²) >= 11 is 13.6. The first-order chi connectivity index (χ1) is 15.0. The van der Waals surface area contributed by atoms with Gasteiger partial charge in [-0.25, -0.2) is 4.79 Å². The average Bonchev–Trinajstić information content (AvgIpc) is 3.18. The summed E-state index contributed by atoms with van der Waals surface area (Å²) in [4.78, 5) is 13.9. The summed E-state index contributed by atoms with van der Waals surface area (Å²) in [6.07, 6.45) is 0.839. The normalized spacial score (nSPS) is 19.6. The van der Waals surface area contributed by atoms with E-state index in [0.717, 1.165) is 30.8 Å². The van der Waals surface area contributed by atoms with Crippen LogP contribution in [0.4, 0.5) is 10.5 Å². The molecule has 162 valence electrons. The van der Waals surface area contributed by atoms with Crippen molar-refractivity contribution in [1.29, 1.82) is 0 Å². The molecular formula is C23H24Cl2N4OS. The molecule has 31 heavy (non-hydrogen) atoms. The van der Waals surface area contributed by atoms with Crippen LogP contribution in [0, 0.1) is 12.8 Å². The Morgan fingerprint density at radius 1 is 1.13 bits per heavy atom. The Balaban J connectivity index is 1.57. The molecule has 2 aromatic carbocycles. The van der Waals surface area contributed by atoms with Crippen molar-refractivity contribution in [2.24, 2.45) is 5.92 Å². The molecule has 5 nitrogen and oxygen atoms in total. The maximum Gasteiger partial charge on any atom is 0.319 e. The third-order valence-electron chi connectivity index (χ3n) is 5.57. The number of aryl methyl sites for hydroxylation is 1. The number of carbonyl (C=O) groups excluding carboxylic acids is 1. The molecule has 2 amide bonds. The fraction of sp³-hybridized carbons (Fsp3) is 0.304. The van der Waals surface area contributed by atoms with Crippen LogP contribution in [0.2, 0.25) is 10.0 Å². The van der Waals surface area contributed by atoms with Crippen molar-refractivity contribution in [3.8, 4) is 0 Å². The van der Waals surface area contributed by atoms with Gasteiger partial charge in [-0.2, -0.15) is 4.37 Å². The highest BCUT2D eigenvalue weighted by Crippen LogP contribution is 2.36. The monoisotopic (exact) mass is 474 g/mol. The maximum absolute atomic E-state index is 12.7. The predicted molar refractivity (Wildman–Crippen MR) is 129 cm³/mol. The Morgan fingerprint density at radius 2 is 1.81 bits per heavy atom. The molecule has 3 atom stereocenters. The van der Waals surface area contributed by atoms with Crippen molar-refractivity contribution in [2.75, 3.05) is 18.4 Å². The van der Waals surface area contributed by atoms with Gasteiger partial charge in [-0.05, 0) is 79.4 Å². The Labute approximate surface area is 196 Å². The molecule has 0 aliphatic carbocycles. The van der Waals surface area contributed by atoms with E-state index in [1.807, 2.05) is 12.1 Å². The van der Waals surface area contributed by atoms with Crippen molar-refractivity contribution >= 4 is 46.5 Å². The SMILES string of the molecule is Cc1cc(C(c2ccc(Cl)cc2)C2CNCCC2NC(=O)Nc2ccc(Cl)cc2)ns1. The number of amides is 2. The number of nitrogens with one attached hydrogen (secondary N) is 3. The van der Waals surface area contributed by atoms with Crippen molar-refractivity contribution in [3.05, 3.63) is 80.8 Å². The van der Waals surface area contributed by atoms with Gasteiger partial charge in [0, 0.05) is 45.0 Å². The fourth-order valence-corrected chi connectivity index (χ4v) is 4.96. The molecule has 1 aliphatic heterocycles. The molecule has 2 heterocycles. The van der Waals surface area contributed by atoms with E-state index in [1.165, 1.54) is 16.4 Å². The minimum Gasteiger partial charge on any atom is -0.335 e. The number of urea groups is 1. The van der Waals surface area contributed by atoms with E-state index >= 15 is 0 Å². The third-order valence-corrected chi connectivity index (χ3v) is 6.78. The van der Waals surface area contributed by atoms with Gasteiger partial charge in [0.1, 0.15) is 0 Å². The highest BCUT2D eigenvalue weighted by Gasteiger charge is 2.36. The van der Waals surface area contributed by atoms with Crippen LogP contribution in [0.1, 0.15) is 28.5 Å². The molecule has 0 radical (unpaired) electrons. The summed E-state index contributed by atoms with van der Waals surface area (Å²) in [5, 5.41) is 10.9. The zero-order chi connectivity index (χ0) is 21.8. The molecule has 3 aromatic rings. The number of piperidine rings is 1. The second-order valence-electron chi connectivity index (χ2n) is 7.76. The van der Waals surface area contributed by atoms with Gasteiger partial charge in [-0.1, -0.05) is 35.3 Å². The molecular weight excluding hydrogens is 451 g/mol.